The third-order valence-electron chi connectivity index (χ3n) is 3.10. The van der Waals surface area contributed by atoms with E-state index in [1.165, 1.54) is 0 Å². The van der Waals surface area contributed by atoms with E-state index >= 15 is 0 Å². The van der Waals surface area contributed by atoms with Crippen molar-refractivity contribution in [2.75, 3.05) is 5.75 Å². The molecule has 0 aliphatic heterocycles. The molecular formula is C16H18O2S. The van der Waals surface area contributed by atoms with Gasteiger partial charge in [0.25, 0.3) is 0 Å². The van der Waals surface area contributed by atoms with Crippen molar-refractivity contribution in [2.45, 2.75) is 18.6 Å². The summed E-state index contributed by atoms with van der Waals surface area (Å²) in [5.41, 5.74) is 1.92. The first-order chi connectivity index (χ1) is 9.07. The maximum Gasteiger partial charge on any atom is 0.155 e. The predicted molar refractivity (Wildman–Crippen MR) is 78.8 cm³/mol. The van der Waals surface area contributed by atoms with Crippen molar-refractivity contribution >= 4 is 9.84 Å². The van der Waals surface area contributed by atoms with E-state index in [-0.39, 0.29) is 17.4 Å². The lowest BCUT2D eigenvalue weighted by Gasteiger charge is -2.12. The van der Waals surface area contributed by atoms with Gasteiger partial charge in [-0.3, -0.25) is 0 Å². The van der Waals surface area contributed by atoms with Gasteiger partial charge in [0.2, 0.25) is 0 Å². The van der Waals surface area contributed by atoms with Crippen molar-refractivity contribution in [3.8, 4) is 0 Å². The summed E-state index contributed by atoms with van der Waals surface area (Å²) >= 11 is 0. The van der Waals surface area contributed by atoms with Gasteiger partial charge in [-0.05, 0) is 17.0 Å². The molecule has 0 amide bonds. The van der Waals surface area contributed by atoms with Gasteiger partial charge in [-0.15, -0.1) is 0 Å². The standard InChI is InChI=1S/C16H18O2S/c1-14(16-10-6-3-7-11-16)12-19(17,18)13-15-8-4-2-5-9-15/h2-11,14H,12-13H2,1H3/t14-/m1/s1. The van der Waals surface area contributed by atoms with E-state index in [0.29, 0.717) is 0 Å². The molecule has 0 saturated carbocycles. The van der Waals surface area contributed by atoms with Crippen LogP contribution in [-0.2, 0) is 15.6 Å². The molecule has 1 atom stereocenters. The Labute approximate surface area is 115 Å². The van der Waals surface area contributed by atoms with Crippen molar-refractivity contribution in [3.63, 3.8) is 0 Å². The van der Waals surface area contributed by atoms with E-state index < -0.39 is 9.84 Å². The van der Waals surface area contributed by atoms with Crippen LogP contribution in [0.1, 0.15) is 24.0 Å². The van der Waals surface area contributed by atoms with Crippen LogP contribution in [0.3, 0.4) is 0 Å². The fraction of sp³-hybridized carbons (Fsp3) is 0.250. The van der Waals surface area contributed by atoms with Gasteiger partial charge in [-0.2, -0.15) is 0 Å². The Bertz CT molecular complexity index is 604. The largest absolute Gasteiger partial charge is 0.228 e. The number of rotatable bonds is 5. The number of hydrogen-bond acceptors (Lipinski definition) is 2. The van der Waals surface area contributed by atoms with E-state index in [1.54, 1.807) is 0 Å². The van der Waals surface area contributed by atoms with Gasteiger partial charge < -0.3 is 0 Å². The summed E-state index contributed by atoms with van der Waals surface area (Å²) in [6, 6.07) is 19.1. The maximum absolute atomic E-state index is 12.2. The fourth-order valence-corrected chi connectivity index (χ4v) is 3.92. The molecule has 2 rings (SSSR count). The van der Waals surface area contributed by atoms with Crippen LogP contribution >= 0.6 is 0 Å². The Morgan fingerprint density at radius 2 is 1.42 bits per heavy atom. The van der Waals surface area contributed by atoms with Crippen LogP contribution in [0.5, 0.6) is 0 Å². The highest BCUT2D eigenvalue weighted by molar-refractivity contribution is 7.90. The Morgan fingerprint density at radius 1 is 0.895 bits per heavy atom. The Hall–Kier alpha value is -1.61. The Morgan fingerprint density at radius 3 is 2.00 bits per heavy atom. The molecule has 2 aromatic carbocycles. The van der Waals surface area contributed by atoms with Gasteiger partial charge in [-0.1, -0.05) is 67.6 Å². The first kappa shape index (κ1) is 13.8. The SMILES string of the molecule is C[C@H](CS(=O)(=O)Cc1ccccc1)c1ccccc1. The third-order valence-corrected chi connectivity index (χ3v) is 4.88. The van der Waals surface area contributed by atoms with Crippen molar-refractivity contribution < 1.29 is 8.42 Å². The molecule has 0 saturated heterocycles. The molecular weight excluding hydrogens is 256 g/mol. The monoisotopic (exact) mass is 274 g/mol. The van der Waals surface area contributed by atoms with Gasteiger partial charge in [-0.25, -0.2) is 8.42 Å². The first-order valence-electron chi connectivity index (χ1n) is 6.36. The van der Waals surface area contributed by atoms with E-state index in [1.807, 2.05) is 67.6 Å². The number of benzene rings is 2. The van der Waals surface area contributed by atoms with Gasteiger partial charge in [0.15, 0.2) is 9.84 Å². The zero-order chi connectivity index (χ0) is 13.7. The molecule has 0 aromatic heterocycles. The fourth-order valence-electron chi connectivity index (χ4n) is 2.15. The molecule has 2 aromatic rings. The molecule has 0 unspecified atom stereocenters. The predicted octanol–water partition coefficient (Wildman–Crippen LogP) is 3.41. The third kappa shape index (κ3) is 4.21. The average molecular weight is 274 g/mol. The van der Waals surface area contributed by atoms with Gasteiger partial charge in [0.1, 0.15) is 0 Å². The van der Waals surface area contributed by atoms with Crippen LogP contribution in [0.15, 0.2) is 60.7 Å². The minimum absolute atomic E-state index is 0.0231. The highest BCUT2D eigenvalue weighted by atomic mass is 32.2. The van der Waals surface area contributed by atoms with Crippen molar-refractivity contribution in [1.82, 2.24) is 0 Å². The smallest absolute Gasteiger partial charge is 0.155 e. The molecule has 19 heavy (non-hydrogen) atoms. The number of sulfone groups is 1. The minimum Gasteiger partial charge on any atom is -0.228 e. The van der Waals surface area contributed by atoms with Crippen LogP contribution in [0.2, 0.25) is 0 Å². The lowest BCUT2D eigenvalue weighted by molar-refractivity contribution is 0.589. The summed E-state index contributed by atoms with van der Waals surface area (Å²) in [4.78, 5) is 0. The molecule has 0 radical (unpaired) electrons. The summed E-state index contributed by atoms with van der Waals surface area (Å²) in [7, 11) is -3.08. The van der Waals surface area contributed by atoms with Crippen LogP contribution in [0.25, 0.3) is 0 Å². The molecule has 0 aliphatic carbocycles. The molecule has 0 spiro atoms. The normalized spacial score (nSPS) is 13.1. The topological polar surface area (TPSA) is 34.1 Å². The summed E-state index contributed by atoms with van der Waals surface area (Å²) in [6.07, 6.45) is 0. The second-order valence-corrected chi connectivity index (χ2v) is 6.96. The lowest BCUT2D eigenvalue weighted by atomic mass is 10.0. The van der Waals surface area contributed by atoms with Crippen molar-refractivity contribution in [3.05, 3.63) is 71.8 Å². The highest BCUT2D eigenvalue weighted by Crippen LogP contribution is 2.18. The van der Waals surface area contributed by atoms with Crippen LogP contribution < -0.4 is 0 Å². The van der Waals surface area contributed by atoms with Crippen LogP contribution in [0.4, 0.5) is 0 Å². The zero-order valence-corrected chi connectivity index (χ0v) is 11.8. The quantitative estimate of drug-likeness (QED) is 0.837. The number of hydrogen-bond donors (Lipinski definition) is 0. The maximum atomic E-state index is 12.2. The van der Waals surface area contributed by atoms with Gasteiger partial charge >= 0.3 is 0 Å². The molecule has 0 bridgehead atoms. The molecule has 0 N–H and O–H groups in total. The zero-order valence-electron chi connectivity index (χ0n) is 11.0. The molecule has 2 nitrogen and oxygen atoms in total. The second kappa shape index (κ2) is 6.02. The van der Waals surface area contributed by atoms with E-state index in [9.17, 15) is 8.42 Å². The Kier molecular flexibility index (Phi) is 4.38. The Balaban J connectivity index is 2.06. The second-order valence-electron chi connectivity index (χ2n) is 4.85. The van der Waals surface area contributed by atoms with Gasteiger partial charge in [0.05, 0.1) is 11.5 Å². The summed E-state index contributed by atoms with van der Waals surface area (Å²) in [6.45, 7) is 1.96. The summed E-state index contributed by atoms with van der Waals surface area (Å²) in [5.74, 6) is 0.326. The molecule has 3 heteroatoms. The summed E-state index contributed by atoms with van der Waals surface area (Å²) < 4.78 is 24.4. The molecule has 0 heterocycles. The highest BCUT2D eigenvalue weighted by Gasteiger charge is 2.17. The lowest BCUT2D eigenvalue weighted by Crippen LogP contribution is -2.14. The van der Waals surface area contributed by atoms with Crippen LogP contribution in [0, 0.1) is 0 Å². The van der Waals surface area contributed by atoms with Gasteiger partial charge in [0, 0.05) is 0 Å². The van der Waals surface area contributed by atoms with Crippen LogP contribution in [-0.4, -0.2) is 14.2 Å². The minimum atomic E-state index is -3.08. The van der Waals surface area contributed by atoms with Crippen molar-refractivity contribution in [1.29, 1.82) is 0 Å². The van der Waals surface area contributed by atoms with E-state index in [2.05, 4.69) is 0 Å². The average Bonchev–Trinajstić information content (AvgIpc) is 2.39. The molecule has 0 fully saturated rings. The molecule has 100 valence electrons. The first-order valence-corrected chi connectivity index (χ1v) is 8.18. The molecule has 0 aliphatic rings. The van der Waals surface area contributed by atoms with Crippen molar-refractivity contribution in [2.24, 2.45) is 0 Å². The van der Waals surface area contributed by atoms with E-state index in [4.69, 9.17) is 0 Å². The van der Waals surface area contributed by atoms with E-state index in [0.717, 1.165) is 11.1 Å². The summed E-state index contributed by atoms with van der Waals surface area (Å²) in [5, 5.41) is 0.